The first-order valence-corrected chi connectivity index (χ1v) is 8.27. The largest absolute Gasteiger partial charge is 0.497 e. The highest BCUT2D eigenvalue weighted by Crippen LogP contribution is 2.25. The highest BCUT2D eigenvalue weighted by atomic mass is 16.5. The fourth-order valence-corrected chi connectivity index (χ4v) is 2.36. The molecule has 2 aromatic carbocycles. The lowest BCUT2D eigenvalue weighted by molar-refractivity contribution is -0.116. The summed E-state index contributed by atoms with van der Waals surface area (Å²) in [5.41, 5.74) is 0.734. The third-order valence-corrected chi connectivity index (χ3v) is 3.69. The SMILES string of the molecule is COc1ccc(Oc2ccc(NC(=O)CCCn3cncn3)cc2)cc1. The lowest BCUT2D eigenvalue weighted by Gasteiger charge is -2.09. The molecule has 0 radical (unpaired) electrons. The van der Waals surface area contributed by atoms with E-state index in [4.69, 9.17) is 9.47 Å². The Hall–Kier alpha value is -3.35. The molecule has 0 atom stereocenters. The fourth-order valence-electron chi connectivity index (χ4n) is 2.36. The normalized spacial score (nSPS) is 10.3. The molecule has 0 aliphatic heterocycles. The molecule has 0 aliphatic carbocycles. The topological polar surface area (TPSA) is 78.3 Å². The molecule has 0 saturated heterocycles. The van der Waals surface area contributed by atoms with Crippen molar-refractivity contribution in [3.63, 3.8) is 0 Å². The Morgan fingerprint density at radius 2 is 1.69 bits per heavy atom. The number of hydrogen-bond donors (Lipinski definition) is 1. The minimum Gasteiger partial charge on any atom is -0.497 e. The zero-order chi connectivity index (χ0) is 18.2. The molecule has 0 unspecified atom stereocenters. The second-order valence-electron chi connectivity index (χ2n) is 5.61. The summed E-state index contributed by atoms with van der Waals surface area (Å²) in [7, 11) is 1.62. The molecule has 1 amide bonds. The maximum absolute atomic E-state index is 12.0. The Bertz CT molecular complexity index is 815. The van der Waals surface area contributed by atoms with Crippen LogP contribution in [0.2, 0.25) is 0 Å². The molecule has 0 spiro atoms. The Morgan fingerprint density at radius 1 is 1.04 bits per heavy atom. The van der Waals surface area contributed by atoms with Crippen molar-refractivity contribution in [3.05, 3.63) is 61.2 Å². The van der Waals surface area contributed by atoms with Gasteiger partial charge in [0.15, 0.2) is 0 Å². The summed E-state index contributed by atoms with van der Waals surface area (Å²) < 4.78 is 12.6. The summed E-state index contributed by atoms with van der Waals surface area (Å²) in [6.45, 7) is 0.669. The molecule has 0 fully saturated rings. The zero-order valence-electron chi connectivity index (χ0n) is 14.5. The first-order valence-electron chi connectivity index (χ1n) is 8.27. The van der Waals surface area contributed by atoms with Gasteiger partial charge in [0.25, 0.3) is 0 Å². The third kappa shape index (κ3) is 5.07. The molecule has 3 aromatic rings. The van der Waals surface area contributed by atoms with Gasteiger partial charge in [0, 0.05) is 18.7 Å². The monoisotopic (exact) mass is 352 g/mol. The van der Waals surface area contributed by atoms with Crippen LogP contribution in [0.4, 0.5) is 5.69 Å². The molecule has 7 heteroatoms. The Balaban J connectivity index is 1.46. The number of aromatic nitrogens is 3. The Morgan fingerprint density at radius 3 is 2.31 bits per heavy atom. The molecule has 1 N–H and O–H groups in total. The first-order chi connectivity index (χ1) is 12.7. The average Bonchev–Trinajstić information content (AvgIpc) is 3.17. The van der Waals surface area contributed by atoms with Gasteiger partial charge in [-0.15, -0.1) is 0 Å². The van der Waals surface area contributed by atoms with Crippen molar-refractivity contribution in [3.8, 4) is 17.2 Å². The van der Waals surface area contributed by atoms with Crippen molar-refractivity contribution < 1.29 is 14.3 Å². The van der Waals surface area contributed by atoms with E-state index in [0.29, 0.717) is 25.1 Å². The number of nitrogens with one attached hydrogen (secondary N) is 1. The summed E-state index contributed by atoms with van der Waals surface area (Å²) in [6.07, 6.45) is 4.24. The summed E-state index contributed by atoms with van der Waals surface area (Å²) in [5.74, 6) is 2.16. The van der Waals surface area contributed by atoms with Gasteiger partial charge in [-0.3, -0.25) is 9.48 Å². The van der Waals surface area contributed by atoms with Crippen LogP contribution in [0.1, 0.15) is 12.8 Å². The number of amides is 1. The van der Waals surface area contributed by atoms with Crippen LogP contribution < -0.4 is 14.8 Å². The number of anilines is 1. The highest BCUT2D eigenvalue weighted by molar-refractivity contribution is 5.90. The van der Waals surface area contributed by atoms with E-state index in [9.17, 15) is 4.79 Å². The number of carbonyl (C=O) groups excluding carboxylic acids is 1. The van der Waals surface area contributed by atoms with Crippen LogP contribution in [0.3, 0.4) is 0 Å². The van der Waals surface area contributed by atoms with Crippen LogP contribution in [-0.2, 0) is 11.3 Å². The smallest absolute Gasteiger partial charge is 0.224 e. The summed E-state index contributed by atoms with van der Waals surface area (Å²) >= 11 is 0. The summed E-state index contributed by atoms with van der Waals surface area (Å²) in [4.78, 5) is 15.8. The van der Waals surface area contributed by atoms with Gasteiger partial charge in [0.1, 0.15) is 29.9 Å². The van der Waals surface area contributed by atoms with Crippen molar-refractivity contribution in [1.82, 2.24) is 14.8 Å². The van der Waals surface area contributed by atoms with Crippen molar-refractivity contribution in [1.29, 1.82) is 0 Å². The van der Waals surface area contributed by atoms with Crippen LogP contribution in [-0.4, -0.2) is 27.8 Å². The minimum absolute atomic E-state index is 0.0334. The van der Waals surface area contributed by atoms with E-state index in [1.54, 1.807) is 18.1 Å². The number of methoxy groups -OCH3 is 1. The maximum atomic E-state index is 12.0. The van der Waals surface area contributed by atoms with E-state index in [2.05, 4.69) is 15.4 Å². The lowest BCUT2D eigenvalue weighted by atomic mass is 10.2. The predicted octanol–water partition coefficient (Wildman–Crippen LogP) is 3.50. The molecular weight excluding hydrogens is 332 g/mol. The van der Waals surface area contributed by atoms with Crippen molar-refractivity contribution >= 4 is 11.6 Å². The number of nitrogens with zero attached hydrogens (tertiary/aromatic N) is 3. The molecule has 0 aliphatic rings. The van der Waals surface area contributed by atoms with E-state index < -0.39 is 0 Å². The molecule has 0 saturated carbocycles. The van der Waals surface area contributed by atoms with Crippen LogP contribution in [0.5, 0.6) is 17.2 Å². The van der Waals surface area contributed by atoms with Crippen LogP contribution in [0, 0.1) is 0 Å². The standard InChI is InChI=1S/C19H20N4O3/c1-25-16-8-10-18(11-9-16)26-17-6-4-15(5-7-17)22-19(24)3-2-12-23-14-20-13-21-23/h4-11,13-14H,2-3,12H2,1H3,(H,22,24). The maximum Gasteiger partial charge on any atom is 0.224 e. The summed E-state index contributed by atoms with van der Waals surface area (Å²) in [5, 5.41) is 6.88. The van der Waals surface area contributed by atoms with Crippen molar-refractivity contribution in [2.24, 2.45) is 0 Å². The van der Waals surface area contributed by atoms with Crippen molar-refractivity contribution in [2.45, 2.75) is 19.4 Å². The summed E-state index contributed by atoms with van der Waals surface area (Å²) in [6, 6.07) is 14.6. The predicted molar refractivity (Wildman–Crippen MR) is 97.4 cm³/mol. The number of rotatable bonds is 8. The van der Waals surface area contributed by atoms with Gasteiger partial charge < -0.3 is 14.8 Å². The molecule has 0 bridgehead atoms. The number of carbonyl (C=O) groups is 1. The third-order valence-electron chi connectivity index (χ3n) is 3.69. The number of hydrogen-bond acceptors (Lipinski definition) is 5. The Kier molecular flexibility index (Phi) is 5.82. The van der Waals surface area contributed by atoms with E-state index >= 15 is 0 Å². The van der Waals surface area contributed by atoms with Gasteiger partial charge >= 0.3 is 0 Å². The lowest BCUT2D eigenvalue weighted by Crippen LogP contribution is -2.12. The molecule has 1 heterocycles. The molecule has 1 aromatic heterocycles. The fraction of sp³-hybridized carbons (Fsp3) is 0.211. The van der Waals surface area contributed by atoms with Gasteiger partial charge in [-0.2, -0.15) is 5.10 Å². The van der Waals surface area contributed by atoms with Crippen LogP contribution in [0.25, 0.3) is 0 Å². The minimum atomic E-state index is -0.0334. The zero-order valence-corrected chi connectivity index (χ0v) is 14.5. The van der Waals surface area contributed by atoms with Gasteiger partial charge in [-0.05, 0) is 55.0 Å². The average molecular weight is 352 g/mol. The van der Waals surface area contributed by atoms with Crippen molar-refractivity contribution in [2.75, 3.05) is 12.4 Å². The first kappa shape index (κ1) is 17.5. The van der Waals surface area contributed by atoms with Gasteiger partial charge in [0.05, 0.1) is 7.11 Å². The van der Waals surface area contributed by atoms with Gasteiger partial charge in [0.2, 0.25) is 5.91 Å². The van der Waals surface area contributed by atoms with E-state index in [1.165, 1.54) is 6.33 Å². The van der Waals surface area contributed by atoms with E-state index in [0.717, 1.165) is 17.2 Å². The highest BCUT2D eigenvalue weighted by Gasteiger charge is 2.04. The van der Waals surface area contributed by atoms with Crippen LogP contribution >= 0.6 is 0 Å². The Labute approximate surface area is 151 Å². The van der Waals surface area contributed by atoms with Gasteiger partial charge in [-0.1, -0.05) is 0 Å². The van der Waals surface area contributed by atoms with E-state index in [-0.39, 0.29) is 5.91 Å². The molecule has 7 nitrogen and oxygen atoms in total. The number of benzene rings is 2. The second kappa shape index (κ2) is 8.66. The van der Waals surface area contributed by atoms with Crippen LogP contribution in [0.15, 0.2) is 61.2 Å². The quantitative estimate of drug-likeness (QED) is 0.671. The number of ether oxygens (including phenoxy) is 2. The molecule has 26 heavy (non-hydrogen) atoms. The number of aryl methyl sites for hydroxylation is 1. The molecule has 3 rings (SSSR count). The van der Waals surface area contributed by atoms with Gasteiger partial charge in [-0.25, -0.2) is 4.98 Å². The molecular formula is C19H20N4O3. The van der Waals surface area contributed by atoms with E-state index in [1.807, 2.05) is 48.5 Å². The second-order valence-corrected chi connectivity index (χ2v) is 5.61. The molecule has 134 valence electrons.